The van der Waals surface area contributed by atoms with Crippen LogP contribution in [0.15, 0.2) is 29.6 Å². The second kappa shape index (κ2) is 6.23. The van der Waals surface area contributed by atoms with Gasteiger partial charge < -0.3 is 15.2 Å². The van der Waals surface area contributed by atoms with E-state index in [4.69, 9.17) is 9.84 Å². The van der Waals surface area contributed by atoms with E-state index in [1.165, 1.54) is 24.5 Å². The zero-order valence-electron chi connectivity index (χ0n) is 10.3. The third-order valence-electron chi connectivity index (χ3n) is 2.50. The van der Waals surface area contributed by atoms with E-state index < -0.39 is 5.97 Å². The van der Waals surface area contributed by atoms with Crippen molar-refractivity contribution in [2.45, 2.75) is 0 Å². The Morgan fingerprint density at radius 1 is 1.35 bits per heavy atom. The van der Waals surface area contributed by atoms with Gasteiger partial charge in [0.15, 0.2) is 0 Å². The lowest BCUT2D eigenvalue weighted by Crippen LogP contribution is -2.13. The Morgan fingerprint density at radius 2 is 2.10 bits per heavy atom. The van der Waals surface area contributed by atoms with Crippen LogP contribution in [0.3, 0.4) is 0 Å². The van der Waals surface area contributed by atoms with E-state index in [2.05, 4.69) is 5.32 Å². The molecule has 0 bridgehead atoms. The summed E-state index contributed by atoms with van der Waals surface area (Å²) >= 11 is 3.25. The van der Waals surface area contributed by atoms with Crippen LogP contribution < -0.4 is 10.1 Å². The van der Waals surface area contributed by atoms with Gasteiger partial charge in [-0.15, -0.1) is 11.3 Å². The molecule has 1 heterocycles. The molecule has 5 nitrogen and oxygen atoms in total. The summed E-state index contributed by atoms with van der Waals surface area (Å²) in [4.78, 5) is 23.7. The standard InChI is InChI=1S/C13H10INO4S/c1-19-8-5-11(20-6-8)12(16)15-10-3-2-7(14)4-9(10)13(17)18/h2-6H,1H3,(H,15,16)(H,17,18). The Kier molecular flexibility index (Phi) is 4.61. The highest BCUT2D eigenvalue weighted by molar-refractivity contribution is 14.1. The summed E-state index contributed by atoms with van der Waals surface area (Å²) in [5.41, 5.74) is 0.337. The topological polar surface area (TPSA) is 75.6 Å². The number of halogens is 1. The van der Waals surface area contributed by atoms with Crippen LogP contribution in [0.5, 0.6) is 5.75 Å². The molecule has 1 aromatic heterocycles. The highest BCUT2D eigenvalue weighted by Crippen LogP contribution is 2.24. The van der Waals surface area contributed by atoms with Gasteiger partial charge >= 0.3 is 5.97 Å². The Balaban J connectivity index is 2.25. The average Bonchev–Trinajstić information content (AvgIpc) is 2.89. The monoisotopic (exact) mass is 403 g/mol. The van der Waals surface area contributed by atoms with E-state index in [1.807, 2.05) is 22.6 Å². The van der Waals surface area contributed by atoms with Gasteiger partial charge in [-0.05, 0) is 40.8 Å². The number of hydrogen-bond donors (Lipinski definition) is 2. The van der Waals surface area contributed by atoms with Crippen molar-refractivity contribution < 1.29 is 19.4 Å². The zero-order chi connectivity index (χ0) is 14.7. The summed E-state index contributed by atoms with van der Waals surface area (Å²) in [5, 5.41) is 13.5. The number of nitrogens with one attached hydrogen (secondary N) is 1. The Bertz CT molecular complexity index is 668. The third kappa shape index (κ3) is 3.28. The highest BCUT2D eigenvalue weighted by Gasteiger charge is 2.15. The maximum absolute atomic E-state index is 12.1. The summed E-state index contributed by atoms with van der Waals surface area (Å²) < 4.78 is 5.80. The lowest BCUT2D eigenvalue weighted by molar-refractivity contribution is 0.0698. The SMILES string of the molecule is COc1csc(C(=O)Nc2ccc(I)cc2C(=O)O)c1. The molecule has 20 heavy (non-hydrogen) atoms. The molecule has 1 aromatic carbocycles. The number of methoxy groups -OCH3 is 1. The molecule has 0 saturated carbocycles. The van der Waals surface area contributed by atoms with E-state index in [-0.39, 0.29) is 17.2 Å². The van der Waals surface area contributed by atoms with Gasteiger partial charge in [0, 0.05) is 15.0 Å². The lowest BCUT2D eigenvalue weighted by Gasteiger charge is -2.07. The van der Waals surface area contributed by atoms with E-state index in [0.29, 0.717) is 10.6 Å². The van der Waals surface area contributed by atoms with Crippen molar-refractivity contribution in [3.8, 4) is 5.75 Å². The van der Waals surface area contributed by atoms with Crippen LogP contribution in [0.4, 0.5) is 5.69 Å². The largest absolute Gasteiger partial charge is 0.496 e. The maximum atomic E-state index is 12.1. The van der Waals surface area contributed by atoms with Crippen LogP contribution in [-0.2, 0) is 0 Å². The summed E-state index contributed by atoms with van der Waals surface area (Å²) in [7, 11) is 1.52. The molecule has 0 saturated heterocycles. The second-order valence-corrected chi connectivity index (χ2v) is 5.96. The van der Waals surface area contributed by atoms with Crippen LogP contribution in [0.2, 0.25) is 0 Å². The fourth-order valence-electron chi connectivity index (χ4n) is 1.53. The number of anilines is 1. The van der Waals surface area contributed by atoms with Gasteiger partial charge in [-0.1, -0.05) is 0 Å². The van der Waals surface area contributed by atoms with Crippen LogP contribution in [0.25, 0.3) is 0 Å². The number of carbonyl (C=O) groups is 2. The number of hydrogen-bond acceptors (Lipinski definition) is 4. The van der Waals surface area contributed by atoms with Gasteiger partial charge in [-0.3, -0.25) is 4.79 Å². The van der Waals surface area contributed by atoms with Crippen molar-refractivity contribution in [3.63, 3.8) is 0 Å². The van der Waals surface area contributed by atoms with Gasteiger partial charge in [0.2, 0.25) is 0 Å². The van der Waals surface area contributed by atoms with Gasteiger partial charge in [-0.2, -0.15) is 0 Å². The number of thiophene rings is 1. The minimum atomic E-state index is -1.08. The second-order valence-electron chi connectivity index (χ2n) is 3.80. The molecule has 0 atom stereocenters. The molecule has 0 spiro atoms. The molecular weight excluding hydrogens is 393 g/mol. The minimum Gasteiger partial charge on any atom is -0.496 e. The predicted molar refractivity (Wildman–Crippen MR) is 84.9 cm³/mol. The number of amides is 1. The van der Waals surface area contributed by atoms with E-state index in [9.17, 15) is 9.59 Å². The summed E-state index contributed by atoms with van der Waals surface area (Å²) in [6.07, 6.45) is 0. The van der Waals surface area contributed by atoms with Crippen LogP contribution in [0, 0.1) is 3.57 Å². The number of carbonyl (C=O) groups excluding carboxylic acids is 1. The maximum Gasteiger partial charge on any atom is 0.337 e. The number of carboxylic acid groups (broad SMARTS) is 1. The first-order valence-electron chi connectivity index (χ1n) is 5.48. The number of rotatable bonds is 4. The average molecular weight is 403 g/mol. The molecule has 7 heteroatoms. The molecule has 0 aliphatic carbocycles. The number of aromatic carboxylic acids is 1. The predicted octanol–water partition coefficient (Wildman–Crippen LogP) is 3.31. The van der Waals surface area contributed by atoms with E-state index >= 15 is 0 Å². The molecule has 0 unspecified atom stereocenters. The third-order valence-corrected chi connectivity index (χ3v) is 4.07. The fraction of sp³-hybridized carbons (Fsp3) is 0.0769. The van der Waals surface area contributed by atoms with Crippen molar-refractivity contribution in [2.24, 2.45) is 0 Å². The quantitative estimate of drug-likeness (QED) is 0.769. The van der Waals surface area contributed by atoms with Crippen LogP contribution in [-0.4, -0.2) is 24.1 Å². The molecule has 0 aliphatic rings. The normalized spacial score (nSPS) is 10.1. The highest BCUT2D eigenvalue weighted by atomic mass is 127. The number of ether oxygens (including phenoxy) is 1. The van der Waals surface area contributed by atoms with Crippen molar-refractivity contribution in [1.82, 2.24) is 0 Å². The van der Waals surface area contributed by atoms with Gasteiger partial charge in [-0.25, -0.2) is 4.79 Å². The van der Waals surface area contributed by atoms with Crippen molar-refractivity contribution in [1.29, 1.82) is 0 Å². The van der Waals surface area contributed by atoms with Crippen molar-refractivity contribution in [2.75, 3.05) is 12.4 Å². The minimum absolute atomic E-state index is 0.0637. The Morgan fingerprint density at radius 3 is 2.70 bits per heavy atom. The first-order chi connectivity index (χ1) is 9.51. The molecular formula is C13H10INO4S. The molecule has 2 rings (SSSR count). The zero-order valence-corrected chi connectivity index (χ0v) is 13.3. The van der Waals surface area contributed by atoms with Crippen molar-refractivity contribution >= 4 is 51.5 Å². The molecule has 104 valence electrons. The molecule has 2 aromatic rings. The van der Waals surface area contributed by atoms with E-state index in [0.717, 1.165) is 3.57 Å². The summed E-state index contributed by atoms with van der Waals surface area (Å²) in [6.45, 7) is 0. The molecule has 0 fully saturated rings. The smallest absolute Gasteiger partial charge is 0.337 e. The Labute approximate surface area is 132 Å². The van der Waals surface area contributed by atoms with Gasteiger partial charge in [0.05, 0.1) is 23.2 Å². The first kappa shape index (κ1) is 14.8. The molecule has 0 radical (unpaired) electrons. The number of benzene rings is 1. The van der Waals surface area contributed by atoms with Crippen LogP contribution >= 0.6 is 33.9 Å². The lowest BCUT2D eigenvalue weighted by atomic mass is 10.2. The summed E-state index contributed by atoms with van der Waals surface area (Å²) in [6, 6.07) is 6.42. The van der Waals surface area contributed by atoms with Crippen molar-refractivity contribution in [3.05, 3.63) is 43.7 Å². The van der Waals surface area contributed by atoms with Crippen LogP contribution in [0.1, 0.15) is 20.0 Å². The Hall–Kier alpha value is -1.61. The summed E-state index contributed by atoms with van der Waals surface area (Å²) in [5.74, 6) is -0.842. The van der Waals surface area contributed by atoms with Gasteiger partial charge in [0.25, 0.3) is 5.91 Å². The molecule has 2 N–H and O–H groups in total. The number of carboxylic acids is 1. The van der Waals surface area contributed by atoms with E-state index in [1.54, 1.807) is 23.6 Å². The molecule has 0 aliphatic heterocycles. The first-order valence-corrected chi connectivity index (χ1v) is 7.44. The molecule has 1 amide bonds. The van der Waals surface area contributed by atoms with Gasteiger partial charge in [0.1, 0.15) is 5.75 Å². The fourth-order valence-corrected chi connectivity index (χ4v) is 2.77.